The van der Waals surface area contributed by atoms with E-state index < -0.39 is 267 Å². The first-order valence-electron chi connectivity index (χ1n) is 46.3. The molecule has 2 saturated heterocycles. The molecule has 0 aliphatic carbocycles. The highest BCUT2D eigenvalue weighted by Crippen LogP contribution is 2.33. The molecule has 16 atom stereocenters. The molecule has 0 spiro atoms. The summed E-state index contributed by atoms with van der Waals surface area (Å²) < 4.78 is 24.0. The van der Waals surface area contributed by atoms with E-state index in [1.165, 1.54) is 66.4 Å². The number of carboxylic acid groups (broad SMARTS) is 2. The molecule has 0 aromatic heterocycles. The Bertz CT molecular complexity index is 4190. The number of carbonyl (C=O) groups excluding carboxylic acids is 16. The number of likely N-dealkylation sites (tertiary alicyclic amines) is 2. The quantitative estimate of drug-likeness (QED) is 0.0404. The third kappa shape index (κ3) is 29.3. The summed E-state index contributed by atoms with van der Waals surface area (Å²) in [6.45, 7) is 22.2. The Morgan fingerprint density at radius 2 is 0.709 bits per heavy atom. The monoisotopic (exact) mass is 1880 g/mol. The van der Waals surface area contributed by atoms with Crippen LogP contribution in [0.5, 0.6) is 0 Å². The van der Waals surface area contributed by atoms with Gasteiger partial charge in [-0.25, -0.2) is 9.59 Å². The number of ether oxygens (including phenoxy) is 4. The van der Waals surface area contributed by atoms with Gasteiger partial charge in [-0.2, -0.15) is 0 Å². The number of imide groups is 2. The molecule has 38 nitrogen and oxygen atoms in total. The van der Waals surface area contributed by atoms with Gasteiger partial charge in [-0.05, 0) is 72.3 Å². The van der Waals surface area contributed by atoms with Crippen molar-refractivity contribution in [2.75, 3.05) is 95.9 Å². The lowest BCUT2D eigenvalue weighted by Crippen LogP contribution is -2.60. The predicted molar refractivity (Wildman–Crippen MR) is 492 cm³/mol. The maximum atomic E-state index is 15.1. The first kappa shape index (κ1) is 111. The first-order chi connectivity index (χ1) is 63.1. The third-order valence-corrected chi connectivity index (χ3v) is 25.9. The molecule has 4 aliphatic heterocycles. The highest BCUT2D eigenvalue weighted by atomic mass is 16.5. The van der Waals surface area contributed by atoms with Crippen LogP contribution in [0.15, 0.2) is 85.0 Å². The summed E-state index contributed by atoms with van der Waals surface area (Å²) in [6, 6.07) is 7.22. The Balaban J connectivity index is 1.20. The number of amides is 16. The van der Waals surface area contributed by atoms with E-state index in [-0.39, 0.29) is 49.3 Å². The number of carboxylic acids is 2. The summed E-state index contributed by atoms with van der Waals surface area (Å²) in [5.74, 6) is -18.6. The smallest absolute Gasteiger partial charge is 0.326 e. The van der Waals surface area contributed by atoms with Crippen molar-refractivity contribution in [2.45, 2.75) is 259 Å². The molecule has 16 amide bonds. The second kappa shape index (κ2) is 51.9. The molecular formula is C96H144N14O24. The van der Waals surface area contributed by atoms with Crippen LogP contribution in [-0.4, -0.2) is 347 Å². The molecule has 2 fully saturated rings. The van der Waals surface area contributed by atoms with Gasteiger partial charge < -0.3 is 79.8 Å². The SMILES string of the molecule is COC(CC(=O)N1CCC[C@H]1[C@H](OC)[C@@H](C)C(=O)N[C@@H](Cc1ccccc1)C(=O)O)[C@H](C(C)C)N(C)C(=O)[C@@H](NC(=O)[C@H](C(C)C)N(C)C(=O)CCN(C(=O)CCN1C(=O)C=CC1=O)N(CCC(=O)N(C)[C@H](C(=O)N[C@H](C(=O)N(C)[C@@H](C(C)C)C(CC(=O)N1CCC[C@H]1[C@H](OC)[C@@H](C)C(=O)N[C@@H](Cc1ccccc1)C(=O)O)OC)C(C)C)C(C)C)C(=O)CCN1C(=O)C=CC1=O)C(C)C. The summed E-state index contributed by atoms with van der Waals surface area (Å²) in [4.78, 5) is 264. The zero-order valence-corrected chi connectivity index (χ0v) is 81.9. The Morgan fingerprint density at radius 3 is 0.978 bits per heavy atom. The number of carbonyl (C=O) groups is 18. The van der Waals surface area contributed by atoms with Crippen LogP contribution in [-0.2, 0) is 118 Å². The molecule has 0 radical (unpaired) electrons. The Morgan fingerprint density at radius 1 is 0.396 bits per heavy atom. The molecule has 38 heteroatoms. The van der Waals surface area contributed by atoms with Crippen molar-refractivity contribution in [1.82, 2.24) is 70.5 Å². The van der Waals surface area contributed by atoms with Crippen LogP contribution in [0.1, 0.15) is 172 Å². The van der Waals surface area contributed by atoms with E-state index in [0.717, 1.165) is 53.9 Å². The highest BCUT2D eigenvalue weighted by Gasteiger charge is 2.48. The molecule has 6 N–H and O–H groups in total. The zero-order valence-electron chi connectivity index (χ0n) is 81.9. The molecule has 134 heavy (non-hydrogen) atoms. The van der Waals surface area contributed by atoms with Crippen LogP contribution in [0.3, 0.4) is 0 Å². The van der Waals surface area contributed by atoms with Gasteiger partial charge in [0, 0.05) is 146 Å². The normalized spacial score (nSPS) is 18.2. The van der Waals surface area contributed by atoms with E-state index in [2.05, 4.69) is 21.3 Å². The highest BCUT2D eigenvalue weighted by molar-refractivity contribution is 6.14. The van der Waals surface area contributed by atoms with E-state index in [1.54, 1.807) is 140 Å². The number of likely N-dealkylation sites (N-methyl/N-ethyl adjacent to an activating group) is 4. The molecule has 2 aromatic rings. The largest absolute Gasteiger partial charge is 0.480 e. The average molecular weight is 1880 g/mol. The summed E-state index contributed by atoms with van der Waals surface area (Å²) in [5, 5.41) is 33.0. The number of hydrazine groups is 1. The van der Waals surface area contributed by atoms with Crippen molar-refractivity contribution >= 4 is 106 Å². The minimum Gasteiger partial charge on any atom is -0.480 e. The first-order valence-corrected chi connectivity index (χ1v) is 46.3. The van der Waals surface area contributed by atoms with Gasteiger partial charge in [0.05, 0.1) is 86.4 Å². The molecule has 742 valence electrons. The third-order valence-electron chi connectivity index (χ3n) is 25.9. The zero-order chi connectivity index (χ0) is 100. The van der Waals surface area contributed by atoms with Crippen LogP contribution in [0.25, 0.3) is 0 Å². The standard InChI is InChI=1S/C96H144N14O24/c1-55(2)81(93(125)103(17)83(57(5)6)69(131-19)53-79(119)105-45-29-35-67(105)87(133-21)61(13)89(121)97-65(95(127)128)51-63-31-25-23-26-32-63)99-91(123)85(59(9)10)101(15)71(111)43-49-109(77(117)41-47-107-73(113)37-38-74(107)114)110(78(118)42-48-108-75(115)39-40-76(108)116)50-44-72(112)102(16)86(60(11)12)92(124)100-82(56(3)4)94(126)104(18)84(58(7)8)70(132-20)54-80(120)106-46-30-36-68(106)88(134-22)62(14)90(122)98-66(96(129)130)52-64-33-27-24-28-34-64/h23-28,31-34,37-40,55-62,65-70,81-88H,29-30,35-36,41-54H2,1-22H3,(H,97,121)(H,98,122)(H,99,123)(H,100,124)(H,127,128)(H,129,130)/t61-,62-,65+,66+,67+,68+,69?,70?,81+,82+,83+,84+,85+,86+,87-,88-/m1/s1. The summed E-state index contributed by atoms with van der Waals surface area (Å²) >= 11 is 0. The number of benzene rings is 2. The van der Waals surface area contributed by atoms with Crippen LogP contribution >= 0.6 is 0 Å². The van der Waals surface area contributed by atoms with Gasteiger partial charge in [0.1, 0.15) is 36.3 Å². The van der Waals surface area contributed by atoms with Gasteiger partial charge in [0.2, 0.25) is 70.9 Å². The molecule has 0 saturated carbocycles. The molecule has 0 bridgehead atoms. The topological polar surface area (TPSA) is 465 Å². The van der Waals surface area contributed by atoms with Crippen molar-refractivity contribution in [3.8, 4) is 0 Å². The van der Waals surface area contributed by atoms with E-state index in [0.29, 0.717) is 49.9 Å². The fourth-order valence-corrected chi connectivity index (χ4v) is 18.7. The van der Waals surface area contributed by atoms with Crippen LogP contribution in [0, 0.1) is 47.3 Å². The van der Waals surface area contributed by atoms with Gasteiger partial charge >= 0.3 is 11.9 Å². The van der Waals surface area contributed by atoms with Crippen molar-refractivity contribution in [3.05, 3.63) is 96.1 Å². The van der Waals surface area contributed by atoms with E-state index in [9.17, 15) is 67.7 Å². The Kier molecular flexibility index (Phi) is 43.1. The predicted octanol–water partition coefficient (Wildman–Crippen LogP) is 3.90. The number of methoxy groups -OCH3 is 4. The summed E-state index contributed by atoms with van der Waals surface area (Å²) in [5.41, 5.74) is 1.41. The number of nitrogens with one attached hydrogen (secondary N) is 4. The van der Waals surface area contributed by atoms with Crippen LogP contribution < -0.4 is 21.3 Å². The van der Waals surface area contributed by atoms with Crippen molar-refractivity contribution < 1.29 is 115 Å². The van der Waals surface area contributed by atoms with Gasteiger partial charge in [-0.3, -0.25) is 96.5 Å². The number of hydrogen-bond donors (Lipinski definition) is 6. The maximum absolute atomic E-state index is 15.1. The molecule has 2 aromatic carbocycles. The second-order valence-corrected chi connectivity index (χ2v) is 37.3. The van der Waals surface area contributed by atoms with Gasteiger partial charge in [0.15, 0.2) is 0 Å². The van der Waals surface area contributed by atoms with Crippen LogP contribution in [0.4, 0.5) is 0 Å². The van der Waals surface area contributed by atoms with Gasteiger partial charge in [-0.1, -0.05) is 158 Å². The van der Waals surface area contributed by atoms with Crippen LogP contribution in [0.2, 0.25) is 0 Å². The molecular weight excluding hydrogens is 1730 g/mol. The van der Waals surface area contributed by atoms with E-state index in [1.807, 2.05) is 27.7 Å². The lowest BCUT2D eigenvalue weighted by atomic mass is 9.91. The molecule has 4 aliphatic rings. The van der Waals surface area contributed by atoms with Gasteiger partial charge in [-0.15, -0.1) is 0 Å². The summed E-state index contributed by atoms with van der Waals surface area (Å²) in [7, 11) is 11.4. The maximum Gasteiger partial charge on any atom is 0.326 e. The average Bonchev–Trinajstić information content (AvgIpc) is 1.45. The minimum atomic E-state index is -1.33. The minimum absolute atomic E-state index is 0.0307. The van der Waals surface area contributed by atoms with Crippen molar-refractivity contribution in [1.29, 1.82) is 0 Å². The number of hydrogen-bond acceptors (Lipinski definition) is 22. The van der Waals surface area contributed by atoms with Crippen molar-refractivity contribution in [2.24, 2.45) is 47.3 Å². The molecule has 2 unspecified atom stereocenters. The summed E-state index contributed by atoms with van der Waals surface area (Å²) in [6.07, 6.45) is -0.592. The number of aliphatic carboxylic acids is 2. The molecule has 6 rings (SSSR count). The van der Waals surface area contributed by atoms with Gasteiger partial charge in [0.25, 0.3) is 23.6 Å². The van der Waals surface area contributed by atoms with E-state index >= 15 is 28.8 Å². The Hall–Kier alpha value is -11.4. The van der Waals surface area contributed by atoms with E-state index in [4.69, 9.17) is 18.9 Å². The fraction of sp³-hybridized carbons (Fsp3) is 0.646. The Labute approximate surface area is 786 Å². The number of rotatable bonds is 52. The lowest BCUT2D eigenvalue weighted by Gasteiger charge is -2.40. The molecule has 4 heterocycles. The second-order valence-electron chi connectivity index (χ2n) is 37.3. The number of nitrogens with zero attached hydrogens (tertiary/aromatic N) is 10. The fourth-order valence-electron chi connectivity index (χ4n) is 18.7. The lowest BCUT2D eigenvalue weighted by molar-refractivity contribution is -0.167. The van der Waals surface area contributed by atoms with Crippen molar-refractivity contribution in [3.63, 3.8) is 0 Å².